The molecule has 61 heavy (non-hydrogen) atoms. The predicted molar refractivity (Wildman–Crippen MR) is 258 cm³/mol. The molecule has 0 aliphatic heterocycles. The summed E-state index contributed by atoms with van der Waals surface area (Å²) in [4.78, 5) is 5.14. The molecule has 1 heterocycles. The SMILES string of the molecule is NC(=N/C(=C\Cc1ccccc1-c1cccc2c1oc1ccccc12)c1ccc(-c2c3ccccc3c(-c3ccccc3)c3ccc4ccccc4c23)cc1)c1ccccc1. The Morgan fingerprint density at radius 2 is 1.05 bits per heavy atom. The molecule has 11 aromatic rings. The second-order valence-electron chi connectivity index (χ2n) is 15.5. The minimum absolute atomic E-state index is 0.469. The van der Waals surface area contributed by atoms with Gasteiger partial charge in [0.15, 0.2) is 0 Å². The summed E-state index contributed by atoms with van der Waals surface area (Å²) in [7, 11) is 0. The molecule has 0 saturated carbocycles. The fourth-order valence-corrected chi connectivity index (χ4v) is 9.13. The number of allylic oxidation sites excluding steroid dienone is 1. The summed E-state index contributed by atoms with van der Waals surface area (Å²) in [5, 5.41) is 9.62. The van der Waals surface area contributed by atoms with Crippen molar-refractivity contribution in [2.24, 2.45) is 10.7 Å². The van der Waals surface area contributed by atoms with Gasteiger partial charge in [0.25, 0.3) is 0 Å². The second-order valence-corrected chi connectivity index (χ2v) is 15.5. The molecule has 0 spiro atoms. The molecule has 0 radical (unpaired) electrons. The molecule has 11 rings (SSSR count). The lowest BCUT2D eigenvalue weighted by Crippen LogP contribution is -2.13. The first kappa shape index (κ1) is 36.1. The van der Waals surface area contributed by atoms with Crippen LogP contribution in [-0.2, 0) is 6.42 Å². The zero-order chi connectivity index (χ0) is 40.7. The second kappa shape index (κ2) is 15.3. The largest absolute Gasteiger partial charge is 0.455 e. The zero-order valence-electron chi connectivity index (χ0n) is 33.4. The van der Waals surface area contributed by atoms with Crippen molar-refractivity contribution in [3.8, 4) is 33.4 Å². The van der Waals surface area contributed by atoms with Crippen LogP contribution >= 0.6 is 0 Å². The number of benzene rings is 10. The number of nitrogens with zero attached hydrogens (tertiary/aromatic N) is 1. The summed E-state index contributed by atoms with van der Waals surface area (Å²) in [5.74, 6) is 0.469. The number of hydrogen-bond acceptors (Lipinski definition) is 2. The van der Waals surface area contributed by atoms with Gasteiger partial charge in [-0.15, -0.1) is 0 Å². The van der Waals surface area contributed by atoms with E-state index < -0.39 is 0 Å². The van der Waals surface area contributed by atoms with Crippen LogP contribution in [0.3, 0.4) is 0 Å². The minimum atomic E-state index is 0.469. The van der Waals surface area contributed by atoms with Crippen LogP contribution < -0.4 is 5.73 Å². The Balaban J connectivity index is 1.06. The van der Waals surface area contributed by atoms with Gasteiger partial charge in [0.2, 0.25) is 0 Å². The van der Waals surface area contributed by atoms with Crippen LogP contribution in [0, 0.1) is 0 Å². The molecule has 10 aromatic carbocycles. The number of aliphatic imine (C=N–C) groups is 1. The summed E-state index contributed by atoms with van der Waals surface area (Å²) < 4.78 is 6.49. The van der Waals surface area contributed by atoms with Gasteiger partial charge in [-0.25, -0.2) is 4.99 Å². The summed E-state index contributed by atoms with van der Waals surface area (Å²) in [5.41, 5.74) is 19.4. The van der Waals surface area contributed by atoms with Gasteiger partial charge in [0.1, 0.15) is 17.0 Å². The topological polar surface area (TPSA) is 51.5 Å². The first-order chi connectivity index (χ1) is 30.2. The summed E-state index contributed by atoms with van der Waals surface area (Å²) in [6.45, 7) is 0. The molecule has 0 fully saturated rings. The Bertz CT molecular complexity index is 3490. The highest BCUT2D eigenvalue weighted by Crippen LogP contribution is 2.46. The van der Waals surface area contributed by atoms with E-state index in [9.17, 15) is 0 Å². The van der Waals surface area contributed by atoms with E-state index in [1.54, 1.807) is 0 Å². The van der Waals surface area contributed by atoms with Crippen molar-refractivity contribution in [2.45, 2.75) is 6.42 Å². The van der Waals surface area contributed by atoms with Crippen LogP contribution in [0.2, 0.25) is 0 Å². The van der Waals surface area contributed by atoms with E-state index >= 15 is 0 Å². The van der Waals surface area contributed by atoms with Crippen molar-refractivity contribution < 1.29 is 4.42 Å². The lowest BCUT2D eigenvalue weighted by molar-refractivity contribution is 0.670. The lowest BCUT2D eigenvalue weighted by atomic mass is 9.84. The third-order valence-electron chi connectivity index (χ3n) is 12.0. The predicted octanol–water partition coefficient (Wildman–Crippen LogP) is 15.0. The van der Waals surface area contributed by atoms with Crippen molar-refractivity contribution in [1.82, 2.24) is 0 Å². The molecule has 3 nitrogen and oxygen atoms in total. The Kier molecular flexibility index (Phi) is 9.05. The van der Waals surface area contributed by atoms with Gasteiger partial charge in [-0.1, -0.05) is 212 Å². The molecule has 1 aromatic heterocycles. The number of fused-ring (bicyclic) bond motifs is 7. The smallest absolute Gasteiger partial charge is 0.143 e. The van der Waals surface area contributed by atoms with Gasteiger partial charge in [-0.3, -0.25) is 0 Å². The van der Waals surface area contributed by atoms with Gasteiger partial charge < -0.3 is 10.2 Å². The summed E-state index contributed by atoms with van der Waals surface area (Å²) in [6, 6.07) is 75.0. The third kappa shape index (κ3) is 6.44. The van der Waals surface area contributed by atoms with E-state index in [4.69, 9.17) is 15.1 Å². The molecular weight excluding hydrogens is 741 g/mol. The van der Waals surface area contributed by atoms with E-state index in [0.29, 0.717) is 12.3 Å². The number of rotatable bonds is 8. The number of amidine groups is 1. The molecule has 0 bridgehead atoms. The molecule has 3 heteroatoms. The maximum Gasteiger partial charge on any atom is 0.143 e. The molecular formula is C58H40N2O. The molecule has 2 N–H and O–H groups in total. The van der Waals surface area contributed by atoms with Gasteiger partial charge >= 0.3 is 0 Å². The van der Waals surface area contributed by atoms with E-state index in [1.165, 1.54) is 54.6 Å². The van der Waals surface area contributed by atoms with Crippen LogP contribution in [0.15, 0.2) is 228 Å². The van der Waals surface area contributed by atoms with Gasteiger partial charge in [0, 0.05) is 21.9 Å². The summed E-state index contributed by atoms with van der Waals surface area (Å²) in [6.07, 6.45) is 2.84. The quantitative estimate of drug-likeness (QED) is 0.0722. The Morgan fingerprint density at radius 3 is 1.85 bits per heavy atom. The van der Waals surface area contributed by atoms with Crippen LogP contribution in [0.4, 0.5) is 0 Å². The maximum absolute atomic E-state index is 6.78. The van der Waals surface area contributed by atoms with Crippen LogP contribution in [0.25, 0.3) is 93.3 Å². The highest BCUT2D eigenvalue weighted by Gasteiger charge is 2.19. The van der Waals surface area contributed by atoms with Crippen molar-refractivity contribution in [2.75, 3.05) is 0 Å². The van der Waals surface area contributed by atoms with E-state index in [1.807, 2.05) is 42.5 Å². The Morgan fingerprint density at radius 1 is 0.443 bits per heavy atom. The average Bonchev–Trinajstić information content (AvgIpc) is 3.72. The van der Waals surface area contributed by atoms with Crippen LogP contribution in [0.1, 0.15) is 16.7 Å². The molecule has 0 unspecified atom stereocenters. The monoisotopic (exact) mass is 780 g/mol. The van der Waals surface area contributed by atoms with Gasteiger partial charge in [-0.05, 0) is 83.7 Å². The number of nitrogens with two attached hydrogens (primary N) is 1. The van der Waals surface area contributed by atoms with Gasteiger partial charge in [0.05, 0.1) is 5.70 Å². The lowest BCUT2D eigenvalue weighted by Gasteiger charge is -2.19. The van der Waals surface area contributed by atoms with Crippen molar-refractivity contribution >= 4 is 65.8 Å². The average molecular weight is 781 g/mol. The molecule has 288 valence electrons. The first-order valence-electron chi connectivity index (χ1n) is 20.8. The number of para-hydroxylation sites is 2. The van der Waals surface area contributed by atoms with Crippen molar-refractivity contribution in [3.05, 3.63) is 235 Å². The van der Waals surface area contributed by atoms with Crippen LogP contribution in [-0.4, -0.2) is 5.84 Å². The molecule has 0 aliphatic carbocycles. The Hall–Kier alpha value is -8.01. The normalized spacial score (nSPS) is 12.3. The fourth-order valence-electron chi connectivity index (χ4n) is 9.13. The molecule has 0 aliphatic rings. The van der Waals surface area contributed by atoms with E-state index in [-0.39, 0.29) is 0 Å². The molecule has 0 amide bonds. The minimum Gasteiger partial charge on any atom is -0.455 e. The fraction of sp³-hybridized carbons (Fsp3) is 0.0172. The van der Waals surface area contributed by atoms with Crippen molar-refractivity contribution in [1.29, 1.82) is 0 Å². The standard InChI is InChI=1S/C58H40N2O/c59-58(43-20-5-2-6-21-43)60-52(37-35-38-16-7-9-22-44(38)49-27-15-28-50-46-24-13-14-29-53(46)61-57(49)50)40-30-32-42(33-31-40)55-48-26-12-11-25-47(48)54(41-18-3-1-4-19-41)51-36-34-39-17-8-10-23-45(39)56(51)55/h1-34,36-37H,35H2,(H2,59,60)/b52-37-. The third-order valence-corrected chi connectivity index (χ3v) is 12.0. The van der Waals surface area contributed by atoms with E-state index in [2.05, 4.69) is 176 Å². The first-order valence-corrected chi connectivity index (χ1v) is 20.8. The number of hydrogen-bond donors (Lipinski definition) is 1. The molecule has 0 saturated heterocycles. The molecule has 0 atom stereocenters. The summed E-state index contributed by atoms with van der Waals surface area (Å²) >= 11 is 0. The van der Waals surface area contributed by atoms with E-state index in [0.717, 1.165) is 55.5 Å². The highest BCUT2D eigenvalue weighted by atomic mass is 16.3. The Labute approximate surface area is 354 Å². The highest BCUT2D eigenvalue weighted by molar-refractivity contribution is 6.28. The van der Waals surface area contributed by atoms with Crippen LogP contribution in [0.5, 0.6) is 0 Å². The zero-order valence-corrected chi connectivity index (χ0v) is 33.4. The maximum atomic E-state index is 6.78. The van der Waals surface area contributed by atoms with Gasteiger partial charge in [-0.2, -0.15) is 0 Å². The number of furan rings is 1. The van der Waals surface area contributed by atoms with Crippen molar-refractivity contribution in [3.63, 3.8) is 0 Å².